The van der Waals surface area contributed by atoms with Gasteiger partial charge in [-0.25, -0.2) is 4.98 Å². The molecule has 0 atom stereocenters. The fourth-order valence-electron chi connectivity index (χ4n) is 7.59. The van der Waals surface area contributed by atoms with E-state index in [4.69, 9.17) is 19.4 Å². The maximum Gasteiger partial charge on any atom is 0.238 e. The van der Waals surface area contributed by atoms with Crippen molar-refractivity contribution in [3.8, 4) is 39.9 Å². The van der Waals surface area contributed by atoms with Crippen LogP contribution in [0.4, 0.5) is 0 Å². The van der Waals surface area contributed by atoms with Crippen LogP contribution in [0.2, 0.25) is 0 Å². The van der Waals surface area contributed by atoms with Gasteiger partial charge in [0.2, 0.25) is 5.95 Å². The van der Waals surface area contributed by atoms with E-state index in [1.54, 1.807) is 0 Å². The quantitative estimate of drug-likeness (QED) is 0.187. The third-order valence-corrected chi connectivity index (χ3v) is 11.1. The van der Waals surface area contributed by atoms with Gasteiger partial charge in [0.15, 0.2) is 11.6 Å². The van der Waals surface area contributed by atoms with Gasteiger partial charge < -0.3 is 4.42 Å². The number of hydrogen-bond donors (Lipinski definition) is 0. The van der Waals surface area contributed by atoms with Gasteiger partial charge >= 0.3 is 0 Å². The Kier molecular flexibility index (Phi) is 6.05. The topological polar surface area (TPSA) is 56.7 Å². The number of nitrogens with zero attached hydrogens (tertiary/aromatic N) is 4. The lowest BCUT2D eigenvalue weighted by atomic mass is 10.0. The molecular weight excluding hydrogens is 645 g/mol. The Morgan fingerprint density at radius 2 is 1.14 bits per heavy atom. The predicted octanol–water partition coefficient (Wildman–Crippen LogP) is 12.2. The van der Waals surface area contributed by atoms with Gasteiger partial charge in [-0.2, -0.15) is 9.97 Å². The highest BCUT2D eigenvalue weighted by molar-refractivity contribution is 7.26. The number of benzene rings is 7. The second-order valence-electron chi connectivity index (χ2n) is 12.8. The van der Waals surface area contributed by atoms with Gasteiger partial charge in [0.25, 0.3) is 0 Å². The summed E-state index contributed by atoms with van der Waals surface area (Å²) in [6.07, 6.45) is 0. The molecular formula is C45H26N4OS. The summed E-state index contributed by atoms with van der Waals surface area (Å²) >= 11 is 1.86. The van der Waals surface area contributed by atoms with Gasteiger partial charge in [-0.1, -0.05) is 121 Å². The number of rotatable bonds is 4. The Morgan fingerprint density at radius 1 is 0.451 bits per heavy atom. The number of hydrogen-bond acceptors (Lipinski definition) is 5. The van der Waals surface area contributed by atoms with Crippen molar-refractivity contribution >= 4 is 75.3 Å². The van der Waals surface area contributed by atoms with E-state index < -0.39 is 0 Å². The van der Waals surface area contributed by atoms with Crippen LogP contribution in [-0.2, 0) is 0 Å². The monoisotopic (exact) mass is 670 g/mol. The Morgan fingerprint density at radius 3 is 2.06 bits per heavy atom. The average Bonchev–Trinajstić information content (AvgIpc) is 3.87. The van der Waals surface area contributed by atoms with Crippen molar-refractivity contribution in [1.29, 1.82) is 0 Å². The smallest absolute Gasteiger partial charge is 0.238 e. The minimum Gasteiger partial charge on any atom is -0.456 e. The SMILES string of the molecule is c1ccc(-c2nc(-c3cccc4oc5ccccc5c34)nc(-n3c4ccccc4c4cc(-c5cccc6c5sc5ccccc56)ccc43)n2)cc1. The molecule has 0 saturated carbocycles. The van der Waals surface area contributed by atoms with Crippen molar-refractivity contribution in [2.45, 2.75) is 0 Å². The maximum absolute atomic E-state index is 6.26. The highest BCUT2D eigenvalue weighted by Crippen LogP contribution is 2.42. The van der Waals surface area contributed by atoms with Crippen LogP contribution < -0.4 is 0 Å². The minimum absolute atomic E-state index is 0.564. The van der Waals surface area contributed by atoms with Gasteiger partial charge in [-0.15, -0.1) is 11.3 Å². The summed E-state index contributed by atoms with van der Waals surface area (Å²) < 4.78 is 11.0. The van der Waals surface area contributed by atoms with Crippen LogP contribution in [-0.4, -0.2) is 19.5 Å². The average molecular weight is 671 g/mol. The van der Waals surface area contributed by atoms with Crippen LogP contribution in [0.1, 0.15) is 0 Å². The van der Waals surface area contributed by atoms with Gasteiger partial charge in [-0.3, -0.25) is 4.57 Å². The molecule has 11 rings (SSSR count). The van der Waals surface area contributed by atoms with Crippen molar-refractivity contribution in [2.75, 3.05) is 0 Å². The number of furan rings is 1. The summed E-state index contributed by atoms with van der Waals surface area (Å²) in [5, 5.41) is 6.91. The number of fused-ring (bicyclic) bond motifs is 9. The van der Waals surface area contributed by atoms with Crippen molar-refractivity contribution in [2.24, 2.45) is 0 Å². The molecule has 0 aliphatic rings. The molecule has 5 nitrogen and oxygen atoms in total. The van der Waals surface area contributed by atoms with E-state index in [0.29, 0.717) is 17.6 Å². The molecule has 4 aromatic heterocycles. The molecule has 4 heterocycles. The largest absolute Gasteiger partial charge is 0.456 e. The summed E-state index contributed by atoms with van der Waals surface area (Å²) in [5.41, 5.74) is 7.95. The number of thiophene rings is 1. The summed E-state index contributed by atoms with van der Waals surface area (Å²) in [5.74, 6) is 1.77. The van der Waals surface area contributed by atoms with Gasteiger partial charge in [0.05, 0.1) is 11.0 Å². The van der Waals surface area contributed by atoms with Crippen molar-refractivity contribution in [3.63, 3.8) is 0 Å². The molecule has 0 aliphatic heterocycles. The minimum atomic E-state index is 0.564. The fraction of sp³-hybridized carbons (Fsp3) is 0. The first kappa shape index (κ1) is 28.2. The van der Waals surface area contributed by atoms with Crippen LogP contribution in [0.3, 0.4) is 0 Å². The zero-order chi connectivity index (χ0) is 33.5. The first-order valence-electron chi connectivity index (χ1n) is 16.9. The molecule has 0 unspecified atom stereocenters. The van der Waals surface area contributed by atoms with Crippen LogP contribution in [0, 0.1) is 0 Å². The second kappa shape index (κ2) is 10.9. The summed E-state index contributed by atoms with van der Waals surface area (Å²) in [6.45, 7) is 0. The zero-order valence-corrected chi connectivity index (χ0v) is 27.9. The molecule has 6 heteroatoms. The lowest BCUT2D eigenvalue weighted by molar-refractivity contribution is 0.669. The molecule has 0 saturated heterocycles. The van der Waals surface area contributed by atoms with E-state index in [1.807, 2.05) is 72.0 Å². The van der Waals surface area contributed by atoms with Crippen LogP contribution in [0.15, 0.2) is 162 Å². The van der Waals surface area contributed by atoms with Crippen molar-refractivity contribution < 1.29 is 4.42 Å². The normalized spacial score (nSPS) is 11.9. The fourth-order valence-corrected chi connectivity index (χ4v) is 8.83. The summed E-state index contributed by atoms with van der Waals surface area (Å²) in [7, 11) is 0. The lowest BCUT2D eigenvalue weighted by Crippen LogP contribution is -2.06. The van der Waals surface area contributed by atoms with E-state index in [9.17, 15) is 0 Å². The third-order valence-electron chi connectivity index (χ3n) is 9.89. The number of aromatic nitrogens is 4. The molecule has 0 spiro atoms. The van der Waals surface area contributed by atoms with Crippen LogP contribution in [0.5, 0.6) is 0 Å². The molecule has 238 valence electrons. The predicted molar refractivity (Wildman–Crippen MR) is 211 cm³/mol. The van der Waals surface area contributed by atoms with E-state index in [1.165, 1.54) is 31.3 Å². The van der Waals surface area contributed by atoms with Crippen LogP contribution >= 0.6 is 11.3 Å². The Balaban J connectivity index is 1.17. The second-order valence-corrected chi connectivity index (χ2v) is 13.8. The molecule has 0 N–H and O–H groups in total. The first-order valence-corrected chi connectivity index (χ1v) is 17.8. The molecule has 0 aliphatic carbocycles. The number of para-hydroxylation sites is 2. The molecule has 0 amide bonds. The standard InChI is InChI=1S/C45H26N4OS/c1-2-12-27(13-3-1)43-46-44(34-19-11-22-39-41(34)33-16-5-8-21-38(33)50-39)48-45(47-43)49-36-20-7-4-14-30(36)35-26-28(24-25-37(35)49)29-17-10-18-32-31-15-6-9-23-40(31)51-42(29)32/h1-26H. The Bertz CT molecular complexity index is 3150. The van der Waals surface area contributed by atoms with Gasteiger partial charge in [0.1, 0.15) is 11.2 Å². The third kappa shape index (κ3) is 4.30. The van der Waals surface area contributed by atoms with E-state index in [-0.39, 0.29) is 0 Å². The lowest BCUT2D eigenvalue weighted by Gasteiger charge is -2.11. The molecule has 0 radical (unpaired) electrons. The summed E-state index contributed by atoms with van der Waals surface area (Å²) in [6, 6.07) is 54.9. The van der Waals surface area contributed by atoms with E-state index in [0.717, 1.165) is 54.9 Å². The molecule has 51 heavy (non-hydrogen) atoms. The maximum atomic E-state index is 6.26. The van der Waals surface area contributed by atoms with E-state index in [2.05, 4.69) is 102 Å². The summed E-state index contributed by atoms with van der Waals surface area (Å²) in [4.78, 5) is 15.5. The van der Waals surface area contributed by atoms with Crippen LogP contribution in [0.25, 0.3) is 104 Å². The van der Waals surface area contributed by atoms with E-state index >= 15 is 0 Å². The van der Waals surface area contributed by atoms with Gasteiger partial charge in [-0.05, 0) is 47.5 Å². The molecule has 0 bridgehead atoms. The molecule has 11 aromatic rings. The molecule has 7 aromatic carbocycles. The Labute approximate surface area is 295 Å². The zero-order valence-electron chi connectivity index (χ0n) is 27.1. The Hall–Kier alpha value is -6.63. The first-order chi connectivity index (χ1) is 25.3. The highest BCUT2D eigenvalue weighted by atomic mass is 32.1. The highest BCUT2D eigenvalue weighted by Gasteiger charge is 2.21. The van der Waals surface area contributed by atoms with Crippen molar-refractivity contribution in [1.82, 2.24) is 19.5 Å². The van der Waals surface area contributed by atoms with Gasteiger partial charge in [0, 0.05) is 52.8 Å². The molecule has 0 fully saturated rings. The van der Waals surface area contributed by atoms with Crippen molar-refractivity contribution in [3.05, 3.63) is 158 Å².